The Kier molecular flexibility index (Phi) is 2.82. The Balaban J connectivity index is 2.98. The third-order valence-corrected chi connectivity index (χ3v) is 2.92. The number of nitrogens with zero attached hydrogens (tertiary/aromatic N) is 2. The number of nitro groups is 1. The fourth-order valence-corrected chi connectivity index (χ4v) is 1.94. The molecule has 2 aromatic rings. The minimum absolute atomic E-state index is 0.196. The first kappa shape index (κ1) is 12.7. The quantitative estimate of drug-likeness (QED) is 0.500. The normalized spacial score (nSPS) is 10.6. The lowest BCUT2D eigenvalue weighted by atomic mass is 10.1. The van der Waals surface area contributed by atoms with Crippen molar-refractivity contribution in [2.45, 2.75) is 6.92 Å². The van der Waals surface area contributed by atoms with E-state index in [1.165, 1.54) is 32.2 Å². The predicted octanol–water partition coefficient (Wildman–Crippen LogP) is 1.35. The number of carbonyl (C=O) groups is 1. The van der Waals surface area contributed by atoms with Crippen LogP contribution in [0.5, 0.6) is 5.75 Å². The molecule has 0 aliphatic rings. The van der Waals surface area contributed by atoms with Crippen LogP contribution < -0.4 is 5.56 Å². The first-order chi connectivity index (χ1) is 8.84. The second-order valence-electron chi connectivity index (χ2n) is 4.10. The van der Waals surface area contributed by atoms with Gasteiger partial charge in [-0.25, -0.2) is 0 Å². The molecule has 0 bridgehead atoms. The number of ketones is 1. The Hall–Kier alpha value is -2.70. The van der Waals surface area contributed by atoms with Crippen molar-refractivity contribution in [3.05, 3.63) is 44.2 Å². The van der Waals surface area contributed by atoms with E-state index in [9.17, 15) is 24.8 Å². The summed E-state index contributed by atoms with van der Waals surface area (Å²) in [5.41, 5.74) is -0.999. The highest BCUT2D eigenvalue weighted by Gasteiger charge is 2.19. The molecule has 1 heterocycles. The van der Waals surface area contributed by atoms with Gasteiger partial charge in [-0.15, -0.1) is 0 Å². The monoisotopic (exact) mass is 262 g/mol. The van der Waals surface area contributed by atoms with Gasteiger partial charge in [0.2, 0.25) is 0 Å². The lowest BCUT2D eigenvalue weighted by molar-refractivity contribution is -0.384. The van der Waals surface area contributed by atoms with E-state index in [1.54, 1.807) is 0 Å². The number of aromatic nitrogens is 1. The second-order valence-corrected chi connectivity index (χ2v) is 4.10. The molecule has 0 saturated carbocycles. The van der Waals surface area contributed by atoms with Gasteiger partial charge >= 0.3 is 0 Å². The van der Waals surface area contributed by atoms with E-state index in [-0.39, 0.29) is 22.2 Å². The number of aromatic hydroxyl groups is 1. The summed E-state index contributed by atoms with van der Waals surface area (Å²) >= 11 is 0. The molecule has 0 unspecified atom stereocenters. The van der Waals surface area contributed by atoms with Crippen molar-refractivity contribution in [1.82, 2.24) is 4.57 Å². The van der Waals surface area contributed by atoms with Gasteiger partial charge in [-0.2, -0.15) is 0 Å². The highest BCUT2D eigenvalue weighted by molar-refractivity contribution is 6.02. The Labute approximate surface area is 106 Å². The zero-order chi connectivity index (χ0) is 14.3. The number of non-ortho nitro benzene ring substituents is 1. The lowest BCUT2D eigenvalue weighted by Gasteiger charge is -2.09. The van der Waals surface area contributed by atoms with E-state index in [4.69, 9.17) is 0 Å². The maximum atomic E-state index is 11.9. The number of carbonyl (C=O) groups excluding carboxylic acids is 1. The van der Waals surface area contributed by atoms with E-state index < -0.39 is 22.0 Å². The molecule has 0 spiro atoms. The molecule has 7 nitrogen and oxygen atoms in total. The molecule has 19 heavy (non-hydrogen) atoms. The van der Waals surface area contributed by atoms with Crippen LogP contribution in [-0.4, -0.2) is 20.4 Å². The van der Waals surface area contributed by atoms with Crippen molar-refractivity contribution in [3.8, 4) is 5.75 Å². The molecule has 0 aliphatic carbocycles. The zero-order valence-electron chi connectivity index (χ0n) is 10.2. The number of aryl methyl sites for hydroxylation is 1. The van der Waals surface area contributed by atoms with Crippen LogP contribution in [0, 0.1) is 10.1 Å². The first-order valence-electron chi connectivity index (χ1n) is 5.35. The zero-order valence-corrected chi connectivity index (χ0v) is 10.2. The number of fused-ring (bicyclic) bond motifs is 1. The lowest BCUT2D eigenvalue weighted by Crippen LogP contribution is -2.23. The number of rotatable bonds is 2. The molecule has 0 saturated heterocycles. The average molecular weight is 262 g/mol. The Morgan fingerprint density at radius 1 is 1.42 bits per heavy atom. The summed E-state index contributed by atoms with van der Waals surface area (Å²) in [7, 11) is 1.39. The van der Waals surface area contributed by atoms with Gasteiger partial charge in [0.25, 0.3) is 11.2 Å². The molecule has 98 valence electrons. The van der Waals surface area contributed by atoms with Crippen molar-refractivity contribution in [2.75, 3.05) is 0 Å². The molecule has 0 atom stereocenters. The van der Waals surface area contributed by atoms with E-state index in [0.29, 0.717) is 0 Å². The van der Waals surface area contributed by atoms with Crippen molar-refractivity contribution >= 4 is 22.4 Å². The second kappa shape index (κ2) is 4.20. The molecular formula is C12H10N2O5. The Morgan fingerprint density at radius 2 is 2.05 bits per heavy atom. The highest BCUT2D eigenvalue weighted by Crippen LogP contribution is 2.28. The van der Waals surface area contributed by atoms with E-state index in [1.807, 2.05) is 0 Å². The Bertz CT molecular complexity index is 776. The number of hydrogen-bond acceptors (Lipinski definition) is 5. The Morgan fingerprint density at radius 3 is 2.58 bits per heavy atom. The van der Waals surface area contributed by atoms with Gasteiger partial charge in [0, 0.05) is 24.6 Å². The summed E-state index contributed by atoms with van der Waals surface area (Å²) in [5, 5.41) is 20.9. The summed E-state index contributed by atoms with van der Waals surface area (Å²) < 4.78 is 1.11. The maximum Gasteiger partial charge on any atom is 0.271 e. The van der Waals surface area contributed by atoms with Crippen molar-refractivity contribution in [1.29, 1.82) is 0 Å². The molecule has 0 amide bonds. The van der Waals surface area contributed by atoms with Crippen molar-refractivity contribution < 1.29 is 14.8 Å². The van der Waals surface area contributed by atoms with Crippen LogP contribution in [0.3, 0.4) is 0 Å². The van der Waals surface area contributed by atoms with Crippen LogP contribution in [0.25, 0.3) is 10.9 Å². The summed E-state index contributed by atoms with van der Waals surface area (Å²) in [6, 6.07) is 3.70. The summed E-state index contributed by atoms with van der Waals surface area (Å²) in [6.45, 7) is 1.17. The summed E-state index contributed by atoms with van der Waals surface area (Å²) in [6.07, 6.45) is 0. The number of benzene rings is 1. The van der Waals surface area contributed by atoms with Crippen molar-refractivity contribution in [2.24, 2.45) is 7.05 Å². The molecule has 0 radical (unpaired) electrons. The van der Waals surface area contributed by atoms with Gasteiger partial charge in [-0.1, -0.05) is 0 Å². The fourth-order valence-electron chi connectivity index (χ4n) is 1.94. The molecule has 0 aliphatic heterocycles. The van der Waals surface area contributed by atoms with Gasteiger partial charge in [0.05, 0.1) is 10.4 Å². The van der Waals surface area contributed by atoms with Crippen LogP contribution in [0.1, 0.15) is 17.3 Å². The van der Waals surface area contributed by atoms with Gasteiger partial charge in [0.1, 0.15) is 11.3 Å². The molecule has 1 aromatic carbocycles. The predicted molar refractivity (Wildman–Crippen MR) is 67.5 cm³/mol. The van der Waals surface area contributed by atoms with Crippen LogP contribution in [0.2, 0.25) is 0 Å². The summed E-state index contributed by atoms with van der Waals surface area (Å²) in [4.78, 5) is 33.4. The molecular weight excluding hydrogens is 252 g/mol. The topological polar surface area (TPSA) is 102 Å². The van der Waals surface area contributed by atoms with E-state index >= 15 is 0 Å². The standard InChI is InChI=1S/C12H10N2O5/c1-6(15)10-11(16)8-4-3-7(14(18)19)5-9(8)13(2)12(10)17/h3-5,16H,1-2H3. The van der Waals surface area contributed by atoms with Crippen LogP contribution in [-0.2, 0) is 7.05 Å². The number of nitro benzene ring substituents is 1. The smallest absolute Gasteiger partial charge is 0.271 e. The van der Waals surface area contributed by atoms with Gasteiger partial charge < -0.3 is 9.67 Å². The van der Waals surface area contributed by atoms with Crippen LogP contribution >= 0.6 is 0 Å². The van der Waals surface area contributed by atoms with Crippen molar-refractivity contribution in [3.63, 3.8) is 0 Å². The third kappa shape index (κ3) is 1.85. The first-order valence-corrected chi connectivity index (χ1v) is 5.35. The molecule has 2 rings (SSSR count). The number of hydrogen-bond donors (Lipinski definition) is 1. The SMILES string of the molecule is CC(=O)c1c(O)c2ccc([N+](=O)[O-])cc2n(C)c1=O. The fraction of sp³-hybridized carbons (Fsp3) is 0.167. The van der Waals surface area contributed by atoms with E-state index in [0.717, 1.165) is 4.57 Å². The van der Waals surface area contributed by atoms with Gasteiger partial charge in [-0.05, 0) is 13.0 Å². The minimum atomic E-state index is -0.682. The molecule has 7 heteroatoms. The van der Waals surface area contributed by atoms with Gasteiger partial charge in [0.15, 0.2) is 5.78 Å². The maximum absolute atomic E-state index is 11.9. The van der Waals surface area contributed by atoms with Crippen LogP contribution in [0.15, 0.2) is 23.0 Å². The highest BCUT2D eigenvalue weighted by atomic mass is 16.6. The molecule has 1 aromatic heterocycles. The van der Waals surface area contributed by atoms with E-state index in [2.05, 4.69) is 0 Å². The number of pyridine rings is 1. The number of Topliss-reactive ketones (excluding diaryl/α,β-unsaturated/α-hetero) is 1. The summed E-state index contributed by atoms with van der Waals surface area (Å²) in [5.74, 6) is -1.00. The van der Waals surface area contributed by atoms with Crippen LogP contribution in [0.4, 0.5) is 5.69 Å². The molecule has 1 N–H and O–H groups in total. The largest absolute Gasteiger partial charge is 0.506 e. The van der Waals surface area contributed by atoms with Gasteiger partial charge in [-0.3, -0.25) is 19.7 Å². The average Bonchev–Trinajstić information content (AvgIpc) is 2.35. The minimum Gasteiger partial charge on any atom is -0.506 e. The molecule has 0 fully saturated rings. The third-order valence-electron chi connectivity index (χ3n) is 2.92.